The molecule has 0 spiro atoms. The third-order valence-electron chi connectivity index (χ3n) is 10.6. The van der Waals surface area contributed by atoms with E-state index in [2.05, 4.69) is 39.6 Å². The van der Waals surface area contributed by atoms with Crippen molar-refractivity contribution < 1.29 is 29.7 Å². The van der Waals surface area contributed by atoms with E-state index in [0.29, 0.717) is 5.71 Å². The molecule has 3 aliphatic heterocycles. The number of aryl methyl sites for hydroxylation is 1. The van der Waals surface area contributed by atoms with E-state index >= 15 is 0 Å². The molecule has 10 heteroatoms. The van der Waals surface area contributed by atoms with Crippen molar-refractivity contribution in [3.05, 3.63) is 224 Å². The Morgan fingerprint density at radius 3 is 1.60 bits per heavy atom. The smallest absolute Gasteiger partial charge is 0.335 e. The first-order valence-electron chi connectivity index (χ1n) is 18.5. The molecule has 5 heterocycles. The van der Waals surface area contributed by atoms with Crippen LogP contribution in [0, 0.1) is 6.92 Å². The summed E-state index contributed by atoms with van der Waals surface area (Å²) in [5.41, 5.74) is 12.0. The average molecular weight is 763 g/mol. The number of carbonyl (C=O) groups is 3. The Bertz CT molecular complexity index is 2970. The minimum Gasteiger partial charge on any atom is -0.478 e. The number of aromatic amines is 2. The van der Waals surface area contributed by atoms with Gasteiger partial charge in [-0.1, -0.05) is 72.3 Å². The topological polar surface area (TPSA) is 168 Å². The van der Waals surface area contributed by atoms with E-state index in [1.165, 1.54) is 0 Å². The minimum absolute atomic E-state index is 0.162. The maximum atomic E-state index is 11.8. The van der Waals surface area contributed by atoms with Crippen molar-refractivity contribution >= 4 is 45.9 Å². The lowest BCUT2D eigenvalue weighted by Gasteiger charge is -2.19. The number of hydrogen-bond acceptors (Lipinski definition) is 5. The van der Waals surface area contributed by atoms with Gasteiger partial charge in [0, 0.05) is 50.1 Å². The predicted octanol–water partition coefficient (Wildman–Crippen LogP) is 6.92. The molecular weight excluding hydrogens is 729 g/mol. The van der Waals surface area contributed by atoms with Gasteiger partial charge in [0.15, 0.2) is 0 Å². The minimum atomic E-state index is -1.03. The van der Waals surface area contributed by atoms with Gasteiger partial charge >= 0.3 is 17.9 Å². The summed E-state index contributed by atoms with van der Waals surface area (Å²) in [4.78, 5) is 48.1. The molecule has 0 amide bonds. The average Bonchev–Trinajstić information content (AvgIpc) is 4.07. The highest BCUT2D eigenvalue weighted by atomic mass is 16.4. The van der Waals surface area contributed by atoms with Crippen LogP contribution in [-0.4, -0.2) is 54.9 Å². The van der Waals surface area contributed by atoms with Crippen molar-refractivity contribution in [3.63, 3.8) is 0 Å². The number of hydrogen-bond donors (Lipinski definition) is 6. The Labute approximate surface area is 331 Å². The van der Waals surface area contributed by atoms with E-state index < -0.39 is 17.9 Å². The molecule has 0 saturated carbocycles. The maximum absolute atomic E-state index is 11.8. The summed E-state index contributed by atoms with van der Waals surface area (Å²) >= 11 is 0. The molecule has 58 heavy (non-hydrogen) atoms. The summed E-state index contributed by atoms with van der Waals surface area (Å²) in [5.74, 6) is -3.06. The van der Waals surface area contributed by atoms with Crippen molar-refractivity contribution in [2.45, 2.75) is 13.0 Å². The summed E-state index contributed by atoms with van der Waals surface area (Å²) in [6.45, 7) is 2.04. The summed E-state index contributed by atoms with van der Waals surface area (Å²) in [5, 5.41) is 34.3. The second-order valence-corrected chi connectivity index (χ2v) is 14.2. The maximum Gasteiger partial charge on any atom is 0.335 e. The number of aromatic nitrogens is 2. The SMILES string of the molecule is Cc1ccc(/C2=C3\C=CC(=N3)/C(c3ccc(C(=O)O)cc3)=c3/cc/c([nH]3)=C(\c3ccc(C(=O)O)cc3)C3C=C/C(=C(\c4ccc(C(=O)O)cc4)c4ccc2[nH]4)N3)cc1. The van der Waals surface area contributed by atoms with Gasteiger partial charge in [0.05, 0.1) is 34.1 Å². The molecule has 10 nitrogen and oxygen atoms in total. The fraction of sp³-hybridized carbons (Fsp3) is 0.0417. The van der Waals surface area contributed by atoms with Crippen molar-refractivity contribution in [3.8, 4) is 0 Å². The van der Waals surface area contributed by atoms with Gasteiger partial charge in [0.1, 0.15) is 0 Å². The van der Waals surface area contributed by atoms with E-state index in [9.17, 15) is 29.7 Å². The van der Waals surface area contributed by atoms with E-state index in [1.807, 2.05) is 55.5 Å². The Balaban J connectivity index is 1.36. The van der Waals surface area contributed by atoms with Gasteiger partial charge in [0.2, 0.25) is 0 Å². The number of allylic oxidation sites excluding steroid dienone is 3. The van der Waals surface area contributed by atoms with Crippen LogP contribution in [0.2, 0.25) is 0 Å². The number of aromatic carboxylic acids is 3. The van der Waals surface area contributed by atoms with Gasteiger partial charge in [-0.3, -0.25) is 0 Å². The Kier molecular flexibility index (Phi) is 8.78. The van der Waals surface area contributed by atoms with Gasteiger partial charge in [0.25, 0.3) is 0 Å². The van der Waals surface area contributed by atoms with Crippen LogP contribution in [0.4, 0.5) is 0 Å². The first kappa shape index (κ1) is 35.7. The molecule has 4 aromatic carbocycles. The van der Waals surface area contributed by atoms with E-state index in [0.717, 1.165) is 83.6 Å². The van der Waals surface area contributed by atoms with Crippen LogP contribution in [0.15, 0.2) is 162 Å². The zero-order chi connectivity index (χ0) is 40.1. The summed E-state index contributed by atoms with van der Waals surface area (Å²) in [7, 11) is 0. The Hall–Kier alpha value is -7.98. The third-order valence-corrected chi connectivity index (χ3v) is 10.6. The monoisotopic (exact) mass is 762 g/mol. The second-order valence-electron chi connectivity index (χ2n) is 14.2. The number of benzene rings is 4. The lowest BCUT2D eigenvalue weighted by molar-refractivity contribution is 0.0686. The number of rotatable bonds is 7. The van der Waals surface area contributed by atoms with Gasteiger partial charge in [-0.25, -0.2) is 19.4 Å². The second kappa shape index (κ2) is 14.3. The molecule has 0 saturated heterocycles. The molecule has 9 rings (SSSR count). The number of nitrogens with zero attached hydrogens (tertiary/aromatic N) is 1. The van der Waals surface area contributed by atoms with Crippen molar-refractivity contribution in [1.82, 2.24) is 15.3 Å². The number of nitrogens with one attached hydrogen (secondary N) is 3. The predicted molar refractivity (Wildman–Crippen MR) is 222 cm³/mol. The lowest BCUT2D eigenvalue weighted by atomic mass is 9.97. The Morgan fingerprint density at radius 2 is 1.02 bits per heavy atom. The van der Waals surface area contributed by atoms with Crippen LogP contribution in [0.5, 0.6) is 0 Å². The number of H-pyrrole nitrogens is 2. The molecular formula is C48H34N4O6. The third kappa shape index (κ3) is 6.48. The zero-order valence-corrected chi connectivity index (χ0v) is 30.9. The first-order chi connectivity index (χ1) is 28.1. The number of aliphatic imine (C=N–C) groups is 1. The fourth-order valence-corrected chi connectivity index (χ4v) is 7.72. The van der Waals surface area contributed by atoms with Crippen LogP contribution >= 0.6 is 0 Å². The van der Waals surface area contributed by atoms with Crippen molar-refractivity contribution in [2.24, 2.45) is 4.99 Å². The zero-order valence-electron chi connectivity index (χ0n) is 30.9. The summed E-state index contributed by atoms with van der Waals surface area (Å²) < 4.78 is 0. The number of fused-ring (bicyclic) bond motifs is 7. The van der Waals surface area contributed by atoms with Crippen LogP contribution in [-0.2, 0) is 0 Å². The molecule has 282 valence electrons. The highest BCUT2D eigenvalue weighted by Crippen LogP contribution is 2.36. The highest BCUT2D eigenvalue weighted by molar-refractivity contribution is 6.30. The van der Waals surface area contributed by atoms with E-state index in [-0.39, 0.29) is 22.7 Å². The molecule has 3 aliphatic rings. The van der Waals surface area contributed by atoms with Crippen LogP contribution in [0.1, 0.15) is 70.3 Å². The van der Waals surface area contributed by atoms with Gasteiger partial charge in [-0.05, 0) is 108 Å². The normalized spacial score (nSPS) is 20.2. The summed E-state index contributed by atoms with van der Waals surface area (Å²) in [6, 6.07) is 36.1. The molecule has 6 aromatic rings. The van der Waals surface area contributed by atoms with Crippen molar-refractivity contribution in [1.29, 1.82) is 0 Å². The van der Waals surface area contributed by atoms with E-state index in [1.54, 1.807) is 72.8 Å². The quantitative estimate of drug-likeness (QED) is 0.103. The molecule has 6 N–H and O–H groups in total. The van der Waals surface area contributed by atoms with E-state index in [4.69, 9.17) is 4.99 Å². The lowest BCUT2D eigenvalue weighted by Crippen LogP contribution is -2.30. The van der Waals surface area contributed by atoms with Crippen LogP contribution in [0.25, 0.3) is 22.3 Å². The first-order valence-corrected chi connectivity index (χ1v) is 18.5. The Morgan fingerprint density at radius 1 is 0.517 bits per heavy atom. The van der Waals surface area contributed by atoms with Gasteiger partial charge in [-0.2, -0.15) is 0 Å². The molecule has 0 aliphatic carbocycles. The standard InChI is InChI=1S/C48H34N4O6/c1-26-2-4-27(5-3-26)42-34-18-20-36(49-34)43(28-6-12-31(13-7-28)46(53)54)38-22-24-40(51-38)45(30-10-16-33(17-11-30)48(57)58)41-25-23-39(52-41)44(37-21-19-35(42)50-37)29-8-14-32(15-9-29)47(55)56/h2-25,40,49,51-52H,1H3,(H,53,54)(H,55,56)(H,57,58)/b42-35-,43-38-,44-39-,45-41-. The molecule has 2 aromatic heterocycles. The van der Waals surface area contributed by atoms with Crippen molar-refractivity contribution in [2.75, 3.05) is 0 Å². The summed E-state index contributed by atoms with van der Waals surface area (Å²) in [6.07, 6.45) is 8.01. The van der Waals surface area contributed by atoms with Gasteiger partial charge in [-0.15, -0.1) is 0 Å². The number of carboxylic acids is 3. The molecule has 1 unspecified atom stereocenters. The molecule has 8 bridgehead atoms. The molecule has 0 radical (unpaired) electrons. The highest BCUT2D eigenvalue weighted by Gasteiger charge is 2.26. The number of carboxylic acid groups (broad SMARTS) is 3. The fourth-order valence-electron chi connectivity index (χ4n) is 7.72. The molecule has 0 fully saturated rings. The van der Waals surface area contributed by atoms with Gasteiger partial charge < -0.3 is 30.6 Å². The van der Waals surface area contributed by atoms with Crippen LogP contribution < -0.4 is 16.0 Å². The van der Waals surface area contributed by atoms with Crippen LogP contribution in [0.3, 0.4) is 0 Å². The molecule has 1 atom stereocenters. The largest absolute Gasteiger partial charge is 0.478 e.